The number of piperidine rings is 1. The molecular formula is C24H25NO5. The maximum absolute atomic E-state index is 13.4. The predicted octanol–water partition coefficient (Wildman–Crippen LogP) is 3.76. The number of rotatable bonds is 3. The molecular weight excluding hydrogens is 382 g/mol. The van der Waals surface area contributed by atoms with E-state index in [2.05, 4.69) is 0 Å². The second kappa shape index (κ2) is 6.49. The van der Waals surface area contributed by atoms with E-state index in [1.807, 2.05) is 19.9 Å². The first kappa shape index (κ1) is 20.3. The smallest absolute Gasteiger partial charge is 0.317 e. The zero-order chi connectivity index (χ0) is 21.9. The van der Waals surface area contributed by atoms with Crippen molar-refractivity contribution < 1.29 is 23.9 Å². The van der Waals surface area contributed by atoms with Crippen LogP contribution in [-0.4, -0.2) is 36.0 Å². The number of hydrogen-bond donors (Lipinski definition) is 0. The summed E-state index contributed by atoms with van der Waals surface area (Å²) in [5, 5.41) is 1.52. The Morgan fingerprint density at radius 1 is 1.00 bits per heavy atom. The molecule has 0 radical (unpaired) electrons. The van der Waals surface area contributed by atoms with E-state index in [9.17, 15) is 19.2 Å². The molecule has 0 N–H and O–H groups in total. The predicted molar refractivity (Wildman–Crippen MR) is 111 cm³/mol. The Hall–Kier alpha value is -3.02. The van der Waals surface area contributed by atoms with Gasteiger partial charge in [-0.15, -0.1) is 0 Å². The van der Waals surface area contributed by atoms with E-state index in [0.717, 1.165) is 17.1 Å². The number of aldehydes is 1. The van der Waals surface area contributed by atoms with Crippen LogP contribution in [0.15, 0.2) is 36.4 Å². The normalized spacial score (nSPS) is 31.0. The summed E-state index contributed by atoms with van der Waals surface area (Å²) in [6.07, 6.45) is 1.86. The molecule has 1 saturated carbocycles. The van der Waals surface area contributed by atoms with Crippen LogP contribution in [0.1, 0.15) is 50.4 Å². The molecule has 156 valence electrons. The molecule has 30 heavy (non-hydrogen) atoms. The topological polar surface area (TPSA) is 80.8 Å². The number of benzene rings is 2. The molecule has 3 atom stereocenters. The molecule has 2 bridgehead atoms. The lowest BCUT2D eigenvalue weighted by Gasteiger charge is -2.55. The number of ether oxygens (including phenoxy) is 1. The van der Waals surface area contributed by atoms with E-state index in [0.29, 0.717) is 30.6 Å². The first-order valence-electron chi connectivity index (χ1n) is 10.0. The fourth-order valence-corrected chi connectivity index (χ4v) is 5.78. The van der Waals surface area contributed by atoms with Crippen molar-refractivity contribution in [2.45, 2.75) is 40.0 Å². The van der Waals surface area contributed by atoms with Gasteiger partial charge in [0.05, 0.1) is 5.41 Å². The third-order valence-electron chi connectivity index (χ3n) is 6.68. The van der Waals surface area contributed by atoms with Crippen LogP contribution in [-0.2, 0) is 14.4 Å². The standard InChI is InChI=1S/C24H25NO5/c1-22-12-23(2,20(28)25(4)19(22)27)14-24(3,13-22)21(29)30-18-7-5-6-16-10-15(11-26)8-9-17(16)18/h5-11H,12-14H2,1-4H3/t22-,23+,24?. The van der Waals surface area contributed by atoms with Gasteiger partial charge in [0.25, 0.3) is 0 Å². The summed E-state index contributed by atoms with van der Waals surface area (Å²) in [5.41, 5.74) is -2.01. The molecule has 0 spiro atoms. The SMILES string of the molecule is CN1C(=O)[C@@]2(C)CC(C)(C(=O)Oc3cccc4cc(C=O)ccc34)C[C@](C)(C2)C1=O. The Balaban J connectivity index is 1.69. The van der Waals surface area contributed by atoms with Crippen LogP contribution in [0.3, 0.4) is 0 Å². The molecule has 6 nitrogen and oxygen atoms in total. The molecule has 2 aromatic carbocycles. The number of carbonyl (C=O) groups excluding carboxylic acids is 4. The van der Waals surface area contributed by atoms with Crippen molar-refractivity contribution in [3.63, 3.8) is 0 Å². The van der Waals surface area contributed by atoms with Crippen molar-refractivity contribution in [1.82, 2.24) is 4.90 Å². The maximum atomic E-state index is 13.4. The van der Waals surface area contributed by atoms with Gasteiger partial charge in [0, 0.05) is 28.8 Å². The van der Waals surface area contributed by atoms with Gasteiger partial charge in [-0.2, -0.15) is 0 Å². The Morgan fingerprint density at radius 3 is 2.23 bits per heavy atom. The second-order valence-corrected chi connectivity index (χ2v) is 9.63. The van der Waals surface area contributed by atoms with Crippen molar-refractivity contribution in [2.24, 2.45) is 16.2 Å². The number of likely N-dealkylation sites (tertiary alicyclic amines) is 1. The number of esters is 1. The minimum absolute atomic E-state index is 0.241. The molecule has 1 heterocycles. The molecule has 1 unspecified atom stereocenters. The van der Waals surface area contributed by atoms with Gasteiger partial charge in [0.15, 0.2) is 0 Å². The summed E-state index contributed by atoms with van der Waals surface area (Å²) in [7, 11) is 1.52. The lowest BCUT2D eigenvalue weighted by molar-refractivity contribution is -0.181. The van der Waals surface area contributed by atoms with Crippen molar-refractivity contribution >= 4 is 34.8 Å². The highest BCUT2D eigenvalue weighted by molar-refractivity contribution is 6.04. The quantitative estimate of drug-likeness (QED) is 0.335. The Bertz CT molecular complexity index is 1080. The highest BCUT2D eigenvalue weighted by Gasteiger charge is 2.63. The van der Waals surface area contributed by atoms with Crippen LogP contribution in [0.4, 0.5) is 0 Å². The molecule has 0 aromatic heterocycles. The summed E-state index contributed by atoms with van der Waals surface area (Å²) < 4.78 is 5.83. The number of nitrogens with zero attached hydrogens (tertiary/aromatic N) is 1. The number of hydrogen-bond acceptors (Lipinski definition) is 5. The lowest BCUT2D eigenvalue weighted by Crippen LogP contribution is -2.63. The van der Waals surface area contributed by atoms with E-state index >= 15 is 0 Å². The third-order valence-corrected chi connectivity index (χ3v) is 6.68. The zero-order valence-corrected chi connectivity index (χ0v) is 17.7. The fourth-order valence-electron chi connectivity index (χ4n) is 5.78. The zero-order valence-electron chi connectivity index (χ0n) is 17.7. The number of carbonyl (C=O) groups is 4. The van der Waals surface area contributed by atoms with E-state index < -0.39 is 22.2 Å². The van der Waals surface area contributed by atoms with Gasteiger partial charge in [0.2, 0.25) is 11.8 Å². The first-order valence-corrected chi connectivity index (χ1v) is 10.0. The van der Waals surface area contributed by atoms with Crippen molar-refractivity contribution in [1.29, 1.82) is 0 Å². The highest BCUT2D eigenvalue weighted by atomic mass is 16.5. The molecule has 4 rings (SSSR count). The van der Waals surface area contributed by atoms with Gasteiger partial charge in [-0.1, -0.05) is 32.0 Å². The van der Waals surface area contributed by atoms with Crippen LogP contribution >= 0.6 is 0 Å². The van der Waals surface area contributed by atoms with Gasteiger partial charge in [-0.05, 0) is 49.8 Å². The van der Waals surface area contributed by atoms with E-state index in [4.69, 9.17) is 4.74 Å². The fraction of sp³-hybridized carbons (Fsp3) is 0.417. The lowest BCUT2D eigenvalue weighted by atomic mass is 9.52. The van der Waals surface area contributed by atoms with Crippen LogP contribution in [0.5, 0.6) is 5.75 Å². The highest BCUT2D eigenvalue weighted by Crippen LogP contribution is 2.58. The Morgan fingerprint density at radius 2 is 1.63 bits per heavy atom. The molecule has 2 fully saturated rings. The van der Waals surface area contributed by atoms with E-state index in [-0.39, 0.29) is 11.8 Å². The van der Waals surface area contributed by atoms with Crippen LogP contribution in [0.2, 0.25) is 0 Å². The molecule has 2 amide bonds. The van der Waals surface area contributed by atoms with Crippen LogP contribution < -0.4 is 4.74 Å². The molecule has 2 aromatic rings. The number of amides is 2. The monoisotopic (exact) mass is 407 g/mol. The average molecular weight is 407 g/mol. The van der Waals surface area contributed by atoms with Crippen molar-refractivity contribution in [3.05, 3.63) is 42.0 Å². The summed E-state index contributed by atoms with van der Waals surface area (Å²) in [6.45, 7) is 5.45. The van der Waals surface area contributed by atoms with Crippen LogP contribution in [0, 0.1) is 16.2 Å². The minimum Gasteiger partial charge on any atom is -0.425 e. The summed E-state index contributed by atoms with van der Waals surface area (Å²) in [4.78, 5) is 51.3. The molecule has 1 saturated heterocycles. The molecule has 2 aliphatic rings. The van der Waals surface area contributed by atoms with Gasteiger partial charge in [-0.25, -0.2) is 0 Å². The maximum Gasteiger partial charge on any atom is 0.317 e. The Kier molecular flexibility index (Phi) is 4.38. The van der Waals surface area contributed by atoms with Crippen molar-refractivity contribution in [3.8, 4) is 5.75 Å². The van der Waals surface area contributed by atoms with Gasteiger partial charge in [0.1, 0.15) is 12.0 Å². The summed E-state index contributed by atoms with van der Waals surface area (Å²) in [5.74, 6) is -0.528. The van der Waals surface area contributed by atoms with Gasteiger partial charge >= 0.3 is 5.97 Å². The van der Waals surface area contributed by atoms with Gasteiger partial charge < -0.3 is 4.74 Å². The molecule has 1 aliphatic carbocycles. The second-order valence-electron chi connectivity index (χ2n) is 9.63. The van der Waals surface area contributed by atoms with E-state index in [1.165, 1.54) is 11.9 Å². The van der Waals surface area contributed by atoms with E-state index in [1.54, 1.807) is 37.3 Å². The van der Waals surface area contributed by atoms with Crippen LogP contribution in [0.25, 0.3) is 10.8 Å². The summed E-state index contributed by atoms with van der Waals surface area (Å²) in [6, 6.07) is 10.5. The third kappa shape index (κ3) is 2.93. The van der Waals surface area contributed by atoms with Gasteiger partial charge in [-0.3, -0.25) is 24.1 Å². The number of fused-ring (bicyclic) bond motifs is 3. The largest absolute Gasteiger partial charge is 0.425 e. The summed E-state index contributed by atoms with van der Waals surface area (Å²) >= 11 is 0. The average Bonchev–Trinajstić information content (AvgIpc) is 2.70. The first-order chi connectivity index (χ1) is 14.0. The van der Waals surface area contributed by atoms with Crippen molar-refractivity contribution in [2.75, 3.05) is 7.05 Å². The minimum atomic E-state index is -0.973. The number of imide groups is 1. The Labute approximate surface area is 175 Å². The molecule has 6 heteroatoms. The molecule has 1 aliphatic heterocycles.